The molecule has 0 aliphatic heterocycles. The Balaban J connectivity index is 2.17. The van der Waals surface area contributed by atoms with Gasteiger partial charge in [-0.2, -0.15) is 0 Å². The summed E-state index contributed by atoms with van der Waals surface area (Å²) in [6.07, 6.45) is 4.23. The van der Waals surface area contributed by atoms with Crippen LogP contribution in [0.4, 0.5) is 5.69 Å². The maximum atomic E-state index is 12.4. The molecule has 7 heteroatoms. The summed E-state index contributed by atoms with van der Waals surface area (Å²) in [4.78, 5) is 0.155. The van der Waals surface area contributed by atoms with E-state index in [1.165, 1.54) is 6.07 Å². The topological polar surface area (TPSA) is 92.4 Å². The fourth-order valence-electron chi connectivity index (χ4n) is 2.65. The zero-order valence-corrected chi connectivity index (χ0v) is 14.4. The van der Waals surface area contributed by atoms with Gasteiger partial charge in [0.25, 0.3) is 0 Å². The average molecular weight is 377 g/mol. The maximum absolute atomic E-state index is 12.4. The summed E-state index contributed by atoms with van der Waals surface area (Å²) >= 11 is 3.28. The Morgan fingerprint density at radius 1 is 1.33 bits per heavy atom. The summed E-state index contributed by atoms with van der Waals surface area (Å²) in [6.45, 7) is 1.76. The van der Waals surface area contributed by atoms with Crippen LogP contribution in [0, 0.1) is 6.92 Å². The number of nitrogens with one attached hydrogen (secondary N) is 1. The Labute approximate surface area is 134 Å². The summed E-state index contributed by atoms with van der Waals surface area (Å²) in [7, 11) is -3.68. The molecule has 0 saturated heterocycles. The fraction of sp³-hybridized carbons (Fsp3) is 0.571. The molecule has 1 aliphatic rings. The van der Waals surface area contributed by atoms with Gasteiger partial charge in [-0.25, -0.2) is 13.1 Å². The Morgan fingerprint density at radius 2 is 1.95 bits per heavy atom. The number of hydrogen-bond donors (Lipinski definition) is 3. The van der Waals surface area contributed by atoms with Crippen molar-refractivity contribution in [1.82, 2.24) is 4.72 Å². The molecule has 0 spiro atoms. The summed E-state index contributed by atoms with van der Waals surface area (Å²) in [6, 6.07) is 3.12. The van der Waals surface area contributed by atoms with Gasteiger partial charge in [0.2, 0.25) is 10.0 Å². The standard InChI is InChI=1S/C14H21BrN2O3S/c1-10-7-11(15)12(16)8-13(10)21(19,20)17-9-14(18)5-3-2-4-6-14/h7-8,17-18H,2-6,9,16H2,1H3. The number of nitrogens with two attached hydrogens (primary N) is 1. The van der Waals surface area contributed by atoms with E-state index in [1.807, 2.05) is 0 Å². The molecule has 1 aromatic rings. The number of benzene rings is 1. The number of hydrogen-bond acceptors (Lipinski definition) is 4. The average Bonchev–Trinajstić information content (AvgIpc) is 2.42. The Hall–Kier alpha value is -0.630. The molecule has 0 bridgehead atoms. The first-order chi connectivity index (χ1) is 9.73. The van der Waals surface area contributed by atoms with Gasteiger partial charge in [0.15, 0.2) is 0 Å². The van der Waals surface area contributed by atoms with Crippen LogP contribution >= 0.6 is 15.9 Å². The highest BCUT2D eigenvalue weighted by Crippen LogP contribution is 2.29. The second-order valence-electron chi connectivity index (χ2n) is 5.75. The van der Waals surface area contributed by atoms with E-state index in [1.54, 1.807) is 13.0 Å². The van der Waals surface area contributed by atoms with Crippen molar-refractivity contribution in [2.45, 2.75) is 49.5 Å². The number of rotatable bonds is 4. The third kappa shape index (κ3) is 3.97. The van der Waals surface area contributed by atoms with Crippen LogP contribution < -0.4 is 10.5 Å². The molecule has 1 fully saturated rings. The second-order valence-corrected chi connectivity index (χ2v) is 8.34. The van der Waals surface area contributed by atoms with E-state index in [-0.39, 0.29) is 11.4 Å². The third-order valence-electron chi connectivity index (χ3n) is 3.96. The van der Waals surface area contributed by atoms with Crippen LogP contribution in [0.3, 0.4) is 0 Å². The van der Waals surface area contributed by atoms with Gasteiger partial charge in [-0.3, -0.25) is 0 Å². The normalized spacial score (nSPS) is 18.6. The summed E-state index contributed by atoms with van der Waals surface area (Å²) in [5.74, 6) is 0. The van der Waals surface area contributed by atoms with Gasteiger partial charge in [-0.1, -0.05) is 19.3 Å². The number of nitrogen functional groups attached to an aromatic ring is 1. The van der Waals surface area contributed by atoms with Gasteiger partial charge in [-0.15, -0.1) is 0 Å². The summed E-state index contributed by atoms with van der Waals surface area (Å²) in [5, 5.41) is 10.4. The third-order valence-corrected chi connectivity index (χ3v) is 6.19. The minimum atomic E-state index is -3.68. The van der Waals surface area contributed by atoms with Crippen molar-refractivity contribution >= 4 is 31.6 Å². The van der Waals surface area contributed by atoms with Crippen molar-refractivity contribution in [3.63, 3.8) is 0 Å². The first-order valence-electron chi connectivity index (χ1n) is 7.01. The molecule has 0 unspecified atom stereocenters. The van der Waals surface area contributed by atoms with E-state index < -0.39 is 15.6 Å². The molecule has 2 rings (SSSR count). The van der Waals surface area contributed by atoms with Gasteiger partial charge < -0.3 is 10.8 Å². The predicted octanol–water partition coefficient (Wildman–Crippen LogP) is 2.31. The van der Waals surface area contributed by atoms with Crippen molar-refractivity contribution in [3.05, 3.63) is 22.2 Å². The predicted molar refractivity (Wildman–Crippen MR) is 86.5 cm³/mol. The molecule has 5 nitrogen and oxygen atoms in total. The van der Waals surface area contributed by atoms with Gasteiger partial charge in [0.1, 0.15) is 0 Å². The number of anilines is 1. The molecule has 4 N–H and O–H groups in total. The lowest BCUT2D eigenvalue weighted by Crippen LogP contribution is -2.44. The molecule has 0 radical (unpaired) electrons. The quantitative estimate of drug-likeness (QED) is 0.702. The molecule has 21 heavy (non-hydrogen) atoms. The Bertz CT molecular complexity index is 625. The molecule has 118 valence electrons. The smallest absolute Gasteiger partial charge is 0.241 e. The first kappa shape index (κ1) is 16.7. The second kappa shape index (κ2) is 6.24. The van der Waals surface area contributed by atoms with Crippen LogP contribution in [0.2, 0.25) is 0 Å². The van der Waals surface area contributed by atoms with Gasteiger partial charge in [-0.05, 0) is 53.4 Å². The minimum absolute atomic E-state index is 0.0464. The van der Waals surface area contributed by atoms with Gasteiger partial charge in [0, 0.05) is 16.7 Å². The zero-order chi connectivity index (χ0) is 15.7. The molecular weight excluding hydrogens is 356 g/mol. The highest BCUT2D eigenvalue weighted by molar-refractivity contribution is 9.10. The molecule has 0 heterocycles. The van der Waals surface area contributed by atoms with Crippen LogP contribution in [0.15, 0.2) is 21.5 Å². The van der Waals surface area contributed by atoms with E-state index in [4.69, 9.17) is 5.73 Å². The summed E-state index contributed by atoms with van der Waals surface area (Å²) in [5.41, 5.74) is 5.82. The summed E-state index contributed by atoms with van der Waals surface area (Å²) < 4.78 is 28.0. The SMILES string of the molecule is Cc1cc(Br)c(N)cc1S(=O)(=O)NCC1(O)CCCCC1. The number of sulfonamides is 1. The monoisotopic (exact) mass is 376 g/mol. The largest absolute Gasteiger partial charge is 0.398 e. The molecule has 1 saturated carbocycles. The molecule has 0 amide bonds. The molecular formula is C14H21BrN2O3S. The highest BCUT2D eigenvalue weighted by Gasteiger charge is 2.31. The van der Waals surface area contributed by atoms with Crippen LogP contribution in [0.25, 0.3) is 0 Å². The lowest BCUT2D eigenvalue weighted by molar-refractivity contribution is 0.00945. The van der Waals surface area contributed by atoms with E-state index >= 15 is 0 Å². The number of halogens is 1. The highest BCUT2D eigenvalue weighted by atomic mass is 79.9. The molecule has 0 aromatic heterocycles. The Morgan fingerprint density at radius 3 is 2.57 bits per heavy atom. The van der Waals surface area contributed by atoms with Gasteiger partial charge >= 0.3 is 0 Å². The lowest BCUT2D eigenvalue weighted by Gasteiger charge is -2.32. The van der Waals surface area contributed by atoms with Crippen molar-refractivity contribution in [2.24, 2.45) is 0 Å². The van der Waals surface area contributed by atoms with Crippen molar-refractivity contribution in [2.75, 3.05) is 12.3 Å². The van der Waals surface area contributed by atoms with E-state index in [0.29, 0.717) is 28.6 Å². The molecule has 1 aromatic carbocycles. The fourth-order valence-corrected chi connectivity index (χ4v) is 4.49. The van der Waals surface area contributed by atoms with Crippen LogP contribution in [-0.4, -0.2) is 25.7 Å². The number of aryl methyl sites for hydroxylation is 1. The van der Waals surface area contributed by atoms with E-state index in [2.05, 4.69) is 20.7 Å². The lowest BCUT2D eigenvalue weighted by atomic mass is 9.85. The van der Waals surface area contributed by atoms with Crippen molar-refractivity contribution in [3.8, 4) is 0 Å². The van der Waals surface area contributed by atoms with E-state index in [0.717, 1.165) is 19.3 Å². The van der Waals surface area contributed by atoms with Crippen LogP contribution in [0.5, 0.6) is 0 Å². The van der Waals surface area contributed by atoms with Crippen molar-refractivity contribution < 1.29 is 13.5 Å². The van der Waals surface area contributed by atoms with Gasteiger partial charge in [0.05, 0.1) is 10.5 Å². The van der Waals surface area contributed by atoms with Crippen LogP contribution in [-0.2, 0) is 10.0 Å². The molecule has 0 atom stereocenters. The first-order valence-corrected chi connectivity index (χ1v) is 9.29. The molecule has 1 aliphatic carbocycles. The number of aliphatic hydroxyl groups is 1. The van der Waals surface area contributed by atoms with E-state index in [9.17, 15) is 13.5 Å². The zero-order valence-electron chi connectivity index (χ0n) is 12.0. The Kier molecular flexibility index (Phi) is 4.97. The minimum Gasteiger partial charge on any atom is -0.398 e. The van der Waals surface area contributed by atoms with Crippen molar-refractivity contribution in [1.29, 1.82) is 0 Å². The maximum Gasteiger partial charge on any atom is 0.241 e. The van der Waals surface area contributed by atoms with Crippen LogP contribution in [0.1, 0.15) is 37.7 Å².